The van der Waals surface area contributed by atoms with Crippen LogP contribution in [-0.4, -0.2) is 28.8 Å². The quantitative estimate of drug-likeness (QED) is 0.274. The predicted octanol–water partition coefficient (Wildman–Crippen LogP) is 5.34. The molecular weight excluding hydrogens is 456 g/mol. The Balaban J connectivity index is 1.48. The van der Waals surface area contributed by atoms with Crippen LogP contribution >= 0.6 is 23.1 Å². The third-order valence-corrected chi connectivity index (χ3v) is 5.81. The van der Waals surface area contributed by atoms with Crippen molar-refractivity contribution in [1.82, 2.24) is 4.98 Å². The molecule has 1 heterocycles. The molecule has 0 saturated carbocycles. The molecule has 1 aromatic heterocycles. The zero-order chi connectivity index (χ0) is 22.4. The first-order chi connectivity index (χ1) is 14.7. The number of amides is 1. The van der Waals surface area contributed by atoms with Crippen molar-refractivity contribution < 1.29 is 31.9 Å². The summed E-state index contributed by atoms with van der Waals surface area (Å²) in [5.74, 6) is -1.25. The number of hydrogen-bond donors (Lipinski definition) is 1. The van der Waals surface area contributed by atoms with E-state index in [0.717, 1.165) is 12.1 Å². The molecule has 0 radical (unpaired) electrons. The first-order valence-electron chi connectivity index (χ1n) is 8.69. The fourth-order valence-electron chi connectivity index (χ4n) is 2.39. The van der Waals surface area contributed by atoms with E-state index in [0.29, 0.717) is 21.3 Å². The molecule has 2 aromatic carbocycles. The monoisotopic (exact) mass is 470 g/mol. The van der Waals surface area contributed by atoms with E-state index in [2.05, 4.69) is 15.0 Å². The van der Waals surface area contributed by atoms with Crippen LogP contribution in [0, 0.1) is 5.82 Å². The van der Waals surface area contributed by atoms with Gasteiger partial charge in [0.05, 0.1) is 17.9 Å². The topological polar surface area (TPSA) is 68.3 Å². The van der Waals surface area contributed by atoms with Gasteiger partial charge in [-0.2, -0.15) is 0 Å². The Hall–Kier alpha value is -2.92. The summed E-state index contributed by atoms with van der Waals surface area (Å²) in [6, 6.07) is 10.0. The van der Waals surface area contributed by atoms with Crippen LogP contribution in [0.1, 0.15) is 16.1 Å². The van der Waals surface area contributed by atoms with E-state index in [1.54, 1.807) is 5.38 Å². The predicted molar refractivity (Wildman–Crippen MR) is 109 cm³/mol. The number of ketones is 1. The molecule has 0 aliphatic rings. The maximum Gasteiger partial charge on any atom is 0.573 e. The second-order valence-electron chi connectivity index (χ2n) is 6.12. The van der Waals surface area contributed by atoms with E-state index in [4.69, 9.17) is 0 Å². The molecule has 1 amide bonds. The van der Waals surface area contributed by atoms with Crippen LogP contribution in [0.15, 0.2) is 58.3 Å². The van der Waals surface area contributed by atoms with Crippen LogP contribution in [0.5, 0.6) is 5.75 Å². The van der Waals surface area contributed by atoms with Crippen molar-refractivity contribution >= 4 is 40.5 Å². The molecule has 11 heteroatoms. The Kier molecular flexibility index (Phi) is 7.29. The number of benzene rings is 2. The van der Waals surface area contributed by atoms with E-state index in [-0.39, 0.29) is 23.7 Å². The van der Waals surface area contributed by atoms with Crippen LogP contribution in [-0.2, 0) is 11.2 Å². The van der Waals surface area contributed by atoms with Gasteiger partial charge in [-0.05, 0) is 48.5 Å². The van der Waals surface area contributed by atoms with Crippen LogP contribution < -0.4 is 10.1 Å². The average Bonchev–Trinajstić information content (AvgIpc) is 3.14. The van der Waals surface area contributed by atoms with E-state index in [1.165, 1.54) is 59.5 Å². The number of carbonyl (C=O) groups excluding carboxylic acids is 2. The number of thioether (sulfide) groups is 1. The van der Waals surface area contributed by atoms with Gasteiger partial charge in [0.1, 0.15) is 11.6 Å². The molecule has 1 N–H and O–H groups in total. The lowest BCUT2D eigenvalue weighted by Gasteiger charge is -2.09. The van der Waals surface area contributed by atoms with Crippen molar-refractivity contribution in [3.63, 3.8) is 0 Å². The lowest BCUT2D eigenvalue weighted by atomic mass is 10.1. The number of rotatable bonds is 8. The fraction of sp³-hybridized carbons (Fsp3) is 0.150. The van der Waals surface area contributed by atoms with Crippen LogP contribution in [0.25, 0.3) is 0 Å². The Labute approximate surface area is 182 Å². The number of Topliss-reactive ketones (excluding diaryl/α,β-unsaturated/α-hetero) is 1. The zero-order valence-corrected chi connectivity index (χ0v) is 17.2. The minimum Gasteiger partial charge on any atom is -0.406 e. The molecule has 0 atom stereocenters. The molecule has 162 valence electrons. The van der Waals surface area contributed by atoms with Gasteiger partial charge in [-0.1, -0.05) is 11.8 Å². The first kappa shape index (κ1) is 22.8. The number of hydrogen-bond acceptors (Lipinski definition) is 6. The highest BCUT2D eigenvalue weighted by Crippen LogP contribution is 2.25. The smallest absolute Gasteiger partial charge is 0.406 e. The first-order valence-corrected chi connectivity index (χ1v) is 10.6. The number of ether oxygens (including phenoxy) is 1. The van der Waals surface area contributed by atoms with Crippen molar-refractivity contribution in [2.75, 3.05) is 11.1 Å². The van der Waals surface area contributed by atoms with Gasteiger partial charge < -0.3 is 10.1 Å². The van der Waals surface area contributed by atoms with Crippen molar-refractivity contribution in [2.45, 2.75) is 17.1 Å². The lowest BCUT2D eigenvalue weighted by molar-refractivity contribution is -0.274. The highest BCUT2D eigenvalue weighted by molar-refractivity contribution is 8.01. The molecule has 31 heavy (non-hydrogen) atoms. The van der Waals surface area contributed by atoms with Crippen LogP contribution in [0.4, 0.5) is 23.2 Å². The standard InChI is InChI=1S/C20H14F4N2O3S2/c21-13-3-1-12(2-4-13)17(27)11-31-19-26-15(10-30-19)9-18(28)25-14-5-7-16(8-6-14)29-20(22,23)24/h1-8,10H,9,11H2,(H,25,28). The molecule has 0 fully saturated rings. The Morgan fingerprint density at radius 2 is 1.74 bits per heavy atom. The molecule has 0 spiro atoms. The third kappa shape index (κ3) is 7.37. The van der Waals surface area contributed by atoms with Gasteiger partial charge in [0, 0.05) is 16.6 Å². The average molecular weight is 470 g/mol. The Morgan fingerprint density at radius 1 is 1.06 bits per heavy atom. The van der Waals surface area contributed by atoms with Gasteiger partial charge in [-0.25, -0.2) is 9.37 Å². The molecule has 0 aliphatic heterocycles. The van der Waals surface area contributed by atoms with E-state index in [9.17, 15) is 27.2 Å². The second-order valence-corrected chi connectivity index (χ2v) is 8.20. The second kappa shape index (κ2) is 9.92. The highest BCUT2D eigenvalue weighted by Gasteiger charge is 2.30. The Bertz CT molecular complexity index is 1050. The summed E-state index contributed by atoms with van der Waals surface area (Å²) in [5.41, 5.74) is 1.21. The molecule has 3 aromatic rings. The summed E-state index contributed by atoms with van der Waals surface area (Å²) in [6.45, 7) is 0. The summed E-state index contributed by atoms with van der Waals surface area (Å²) in [4.78, 5) is 28.5. The summed E-state index contributed by atoms with van der Waals surface area (Å²) in [6.07, 6.45) is -4.82. The number of nitrogens with one attached hydrogen (secondary N) is 1. The highest BCUT2D eigenvalue weighted by atomic mass is 32.2. The van der Waals surface area contributed by atoms with Gasteiger partial charge in [-0.3, -0.25) is 9.59 Å². The maximum atomic E-state index is 12.9. The summed E-state index contributed by atoms with van der Waals surface area (Å²) in [7, 11) is 0. The number of carbonyl (C=O) groups is 2. The van der Waals surface area contributed by atoms with Crippen molar-refractivity contribution in [2.24, 2.45) is 0 Å². The largest absolute Gasteiger partial charge is 0.573 e. The molecule has 3 rings (SSSR count). The van der Waals surface area contributed by atoms with Gasteiger partial charge in [0.15, 0.2) is 10.1 Å². The van der Waals surface area contributed by atoms with Crippen molar-refractivity contribution in [1.29, 1.82) is 0 Å². The molecule has 5 nitrogen and oxygen atoms in total. The van der Waals surface area contributed by atoms with E-state index in [1.807, 2.05) is 0 Å². The number of alkyl halides is 3. The van der Waals surface area contributed by atoms with Crippen molar-refractivity contribution in [3.8, 4) is 5.75 Å². The van der Waals surface area contributed by atoms with Gasteiger partial charge in [0.25, 0.3) is 0 Å². The summed E-state index contributed by atoms with van der Waals surface area (Å²) < 4.78 is 53.8. The molecular formula is C20H14F4N2O3S2. The Morgan fingerprint density at radius 3 is 2.39 bits per heavy atom. The minimum atomic E-state index is -4.78. The SMILES string of the molecule is O=C(Cc1csc(SCC(=O)c2ccc(F)cc2)n1)Nc1ccc(OC(F)(F)F)cc1. The number of anilines is 1. The minimum absolute atomic E-state index is 0.0379. The normalized spacial score (nSPS) is 11.2. The molecule has 0 bridgehead atoms. The lowest BCUT2D eigenvalue weighted by Crippen LogP contribution is -2.17. The number of aromatic nitrogens is 1. The maximum absolute atomic E-state index is 12.9. The number of halogens is 4. The van der Waals surface area contributed by atoms with Crippen molar-refractivity contribution in [3.05, 3.63) is 71.0 Å². The van der Waals surface area contributed by atoms with E-state index >= 15 is 0 Å². The zero-order valence-electron chi connectivity index (χ0n) is 15.6. The molecule has 0 aliphatic carbocycles. The van der Waals surface area contributed by atoms with E-state index < -0.39 is 18.1 Å². The van der Waals surface area contributed by atoms with Gasteiger partial charge >= 0.3 is 6.36 Å². The fourth-order valence-corrected chi connectivity index (χ4v) is 4.13. The summed E-state index contributed by atoms with van der Waals surface area (Å²) in [5, 5.41) is 4.25. The van der Waals surface area contributed by atoms with Crippen LogP contribution in [0.2, 0.25) is 0 Å². The third-order valence-electron chi connectivity index (χ3n) is 3.74. The summed E-state index contributed by atoms with van der Waals surface area (Å²) >= 11 is 2.49. The number of thiazole rings is 1. The molecule has 0 unspecified atom stereocenters. The van der Waals surface area contributed by atoms with Gasteiger partial charge in [-0.15, -0.1) is 24.5 Å². The van der Waals surface area contributed by atoms with Gasteiger partial charge in [0.2, 0.25) is 5.91 Å². The van der Waals surface area contributed by atoms with Crippen LogP contribution in [0.3, 0.4) is 0 Å². The number of nitrogens with zero attached hydrogens (tertiary/aromatic N) is 1. The molecule has 0 saturated heterocycles.